The fraction of sp³-hybridized carbons (Fsp3) is 0.261. The van der Waals surface area contributed by atoms with Crippen LogP contribution in [0.4, 0.5) is 11.5 Å². The van der Waals surface area contributed by atoms with Crippen molar-refractivity contribution in [2.24, 2.45) is 0 Å². The lowest BCUT2D eigenvalue weighted by molar-refractivity contribution is 0.807. The molecule has 1 heterocycles. The molecule has 29 heavy (non-hydrogen) atoms. The Labute approximate surface area is 177 Å². The molecule has 0 radical (unpaired) electrons. The summed E-state index contributed by atoms with van der Waals surface area (Å²) in [5, 5.41) is 20.7. The van der Waals surface area contributed by atoms with E-state index in [0.29, 0.717) is 23.0 Å². The van der Waals surface area contributed by atoms with Gasteiger partial charge < -0.3 is 16.0 Å². The molecular weight excluding hydrogens is 378 g/mol. The van der Waals surface area contributed by atoms with Gasteiger partial charge in [0.25, 0.3) is 0 Å². The van der Waals surface area contributed by atoms with Crippen molar-refractivity contribution in [2.75, 3.05) is 23.7 Å². The first-order chi connectivity index (χ1) is 14.0. The van der Waals surface area contributed by atoms with Crippen molar-refractivity contribution < 1.29 is 0 Å². The average Bonchev–Trinajstić information content (AvgIpc) is 2.69. The van der Waals surface area contributed by atoms with E-state index in [1.807, 2.05) is 37.3 Å². The normalized spacial score (nSPS) is 10.4. The second-order valence-electron chi connectivity index (χ2n) is 7.18. The molecule has 3 N–H and O–H groups in total. The SMILES string of the molecule is Cc1ccc(NC(=S)NCCCNc2nc3c(C)cc(C)cc3cc2C#N)cc1. The minimum Gasteiger partial charge on any atom is -0.369 e. The van der Waals surface area contributed by atoms with Crippen molar-refractivity contribution in [3.8, 4) is 6.07 Å². The van der Waals surface area contributed by atoms with E-state index in [1.54, 1.807) is 0 Å². The Kier molecular flexibility index (Phi) is 6.63. The van der Waals surface area contributed by atoms with Gasteiger partial charge in [-0.25, -0.2) is 4.98 Å². The molecule has 0 spiro atoms. The lowest BCUT2D eigenvalue weighted by Gasteiger charge is -2.12. The zero-order chi connectivity index (χ0) is 20.8. The van der Waals surface area contributed by atoms with Gasteiger partial charge in [-0.3, -0.25) is 0 Å². The number of anilines is 2. The molecule has 3 rings (SSSR count). The number of benzene rings is 2. The number of pyridine rings is 1. The Balaban J connectivity index is 1.52. The smallest absolute Gasteiger partial charge is 0.170 e. The number of rotatable bonds is 6. The van der Waals surface area contributed by atoms with Crippen LogP contribution in [0, 0.1) is 32.1 Å². The summed E-state index contributed by atoms with van der Waals surface area (Å²) >= 11 is 5.33. The third-order valence-corrected chi connectivity index (χ3v) is 4.86. The molecular formula is C23H25N5S. The zero-order valence-electron chi connectivity index (χ0n) is 17.0. The maximum absolute atomic E-state index is 9.48. The maximum atomic E-state index is 9.48. The average molecular weight is 404 g/mol. The fourth-order valence-electron chi connectivity index (χ4n) is 3.18. The van der Waals surface area contributed by atoms with Gasteiger partial charge in [0, 0.05) is 24.2 Å². The van der Waals surface area contributed by atoms with E-state index in [0.717, 1.165) is 35.1 Å². The standard InChI is InChI=1S/C23H25N5S/c1-15-5-7-20(8-6-15)27-23(29)26-10-4-9-25-22-19(14-24)13-18-12-16(2)11-17(3)21(18)28-22/h5-8,11-13H,4,9-10H2,1-3H3,(H,25,28)(H2,26,27,29). The van der Waals surface area contributed by atoms with Crippen LogP contribution in [0.5, 0.6) is 0 Å². The van der Waals surface area contributed by atoms with Crippen molar-refractivity contribution in [1.82, 2.24) is 10.3 Å². The molecule has 148 valence electrons. The number of thiocarbonyl (C=S) groups is 1. The molecule has 0 saturated heterocycles. The largest absolute Gasteiger partial charge is 0.369 e. The van der Waals surface area contributed by atoms with Crippen LogP contribution in [0.3, 0.4) is 0 Å². The molecule has 3 aromatic rings. The summed E-state index contributed by atoms with van der Waals surface area (Å²) < 4.78 is 0. The quantitative estimate of drug-likeness (QED) is 0.405. The van der Waals surface area contributed by atoms with Gasteiger partial charge in [-0.2, -0.15) is 5.26 Å². The number of hydrogen-bond acceptors (Lipinski definition) is 4. The first kappa shape index (κ1) is 20.6. The van der Waals surface area contributed by atoms with E-state index in [1.165, 1.54) is 11.1 Å². The molecule has 0 amide bonds. The Morgan fingerprint density at radius 2 is 1.79 bits per heavy atom. The second kappa shape index (κ2) is 9.35. The number of aromatic nitrogens is 1. The van der Waals surface area contributed by atoms with Crippen LogP contribution in [0.15, 0.2) is 42.5 Å². The Bertz CT molecular complexity index is 1070. The minimum atomic E-state index is 0.562. The van der Waals surface area contributed by atoms with E-state index < -0.39 is 0 Å². The molecule has 0 aliphatic carbocycles. The van der Waals surface area contributed by atoms with Gasteiger partial charge >= 0.3 is 0 Å². The molecule has 0 fully saturated rings. The van der Waals surface area contributed by atoms with Crippen LogP contribution >= 0.6 is 12.2 Å². The predicted molar refractivity (Wildman–Crippen MR) is 124 cm³/mol. The lowest BCUT2D eigenvalue weighted by atomic mass is 10.1. The summed E-state index contributed by atoms with van der Waals surface area (Å²) in [6.07, 6.45) is 0.840. The monoisotopic (exact) mass is 403 g/mol. The molecule has 0 unspecified atom stereocenters. The van der Waals surface area contributed by atoms with Crippen LogP contribution in [-0.2, 0) is 0 Å². The van der Waals surface area contributed by atoms with Crippen molar-refractivity contribution in [1.29, 1.82) is 5.26 Å². The van der Waals surface area contributed by atoms with Gasteiger partial charge in [0.2, 0.25) is 0 Å². The van der Waals surface area contributed by atoms with Gasteiger partial charge in [-0.1, -0.05) is 29.3 Å². The van der Waals surface area contributed by atoms with Gasteiger partial charge in [0.1, 0.15) is 11.9 Å². The van der Waals surface area contributed by atoms with Gasteiger partial charge in [0.15, 0.2) is 5.11 Å². The molecule has 1 aromatic heterocycles. The van der Waals surface area contributed by atoms with Crippen LogP contribution in [-0.4, -0.2) is 23.2 Å². The topological polar surface area (TPSA) is 72.8 Å². The van der Waals surface area contributed by atoms with Crippen LogP contribution < -0.4 is 16.0 Å². The van der Waals surface area contributed by atoms with Crippen molar-refractivity contribution in [3.63, 3.8) is 0 Å². The van der Waals surface area contributed by atoms with Crippen molar-refractivity contribution in [3.05, 3.63) is 64.7 Å². The van der Waals surface area contributed by atoms with E-state index in [2.05, 4.69) is 48.0 Å². The molecule has 2 aromatic carbocycles. The Morgan fingerprint density at radius 3 is 2.52 bits per heavy atom. The zero-order valence-corrected chi connectivity index (χ0v) is 17.8. The van der Waals surface area contributed by atoms with Gasteiger partial charge in [0.05, 0.1) is 11.1 Å². The molecule has 0 atom stereocenters. The predicted octanol–water partition coefficient (Wildman–Crippen LogP) is 4.82. The maximum Gasteiger partial charge on any atom is 0.170 e. The lowest BCUT2D eigenvalue weighted by Crippen LogP contribution is -2.30. The van der Waals surface area contributed by atoms with E-state index in [4.69, 9.17) is 17.2 Å². The van der Waals surface area contributed by atoms with Crippen molar-refractivity contribution in [2.45, 2.75) is 27.2 Å². The highest BCUT2D eigenvalue weighted by atomic mass is 32.1. The third kappa shape index (κ3) is 5.43. The van der Waals surface area contributed by atoms with E-state index in [-0.39, 0.29) is 0 Å². The van der Waals surface area contributed by atoms with Crippen LogP contribution in [0.2, 0.25) is 0 Å². The highest BCUT2D eigenvalue weighted by Gasteiger charge is 2.08. The highest BCUT2D eigenvalue weighted by Crippen LogP contribution is 2.24. The highest BCUT2D eigenvalue weighted by molar-refractivity contribution is 7.80. The Morgan fingerprint density at radius 1 is 1.03 bits per heavy atom. The summed E-state index contributed by atoms with van der Waals surface area (Å²) in [5.41, 5.74) is 5.95. The van der Waals surface area contributed by atoms with E-state index >= 15 is 0 Å². The van der Waals surface area contributed by atoms with Gasteiger partial charge in [-0.05, 0) is 69.2 Å². The van der Waals surface area contributed by atoms with Crippen molar-refractivity contribution >= 4 is 39.7 Å². The Hall–Kier alpha value is -3.17. The third-order valence-electron chi connectivity index (χ3n) is 4.61. The summed E-state index contributed by atoms with van der Waals surface area (Å²) in [4.78, 5) is 4.69. The van der Waals surface area contributed by atoms with E-state index in [9.17, 15) is 5.26 Å². The number of nitrogens with one attached hydrogen (secondary N) is 3. The minimum absolute atomic E-state index is 0.562. The summed E-state index contributed by atoms with van der Waals surface area (Å²) in [6.45, 7) is 7.56. The summed E-state index contributed by atoms with van der Waals surface area (Å²) in [7, 11) is 0. The number of fused-ring (bicyclic) bond motifs is 1. The number of aryl methyl sites for hydroxylation is 3. The van der Waals surface area contributed by atoms with Crippen LogP contribution in [0.1, 0.15) is 28.7 Å². The molecule has 0 saturated carbocycles. The number of hydrogen-bond donors (Lipinski definition) is 3. The fourth-order valence-corrected chi connectivity index (χ4v) is 3.40. The summed E-state index contributed by atoms with van der Waals surface area (Å²) in [6, 6.07) is 16.4. The first-order valence-corrected chi connectivity index (χ1v) is 10.0. The molecule has 0 aliphatic heterocycles. The molecule has 0 aliphatic rings. The first-order valence-electron chi connectivity index (χ1n) is 9.64. The van der Waals surface area contributed by atoms with Crippen LogP contribution in [0.25, 0.3) is 10.9 Å². The second-order valence-corrected chi connectivity index (χ2v) is 7.59. The molecule has 5 nitrogen and oxygen atoms in total. The number of nitrogens with zero attached hydrogens (tertiary/aromatic N) is 2. The number of nitriles is 1. The molecule has 6 heteroatoms. The van der Waals surface area contributed by atoms with Gasteiger partial charge in [-0.15, -0.1) is 0 Å². The summed E-state index contributed by atoms with van der Waals surface area (Å²) in [5.74, 6) is 0.632. The molecule has 0 bridgehead atoms.